The standard InChI is InChI=1S/C10H16ClNO3/c1-9(2,3)10(7(13)14)5-4-6-12(10)8(11)15/h4-6H2,1-3H3,(H,13,14)/t10-/m0/s1. The minimum Gasteiger partial charge on any atom is -0.479 e. The van der Waals surface area contributed by atoms with Gasteiger partial charge in [0.25, 0.3) is 0 Å². The van der Waals surface area contributed by atoms with Crippen molar-refractivity contribution in [3.05, 3.63) is 0 Å². The first-order chi connectivity index (χ1) is 6.73. The summed E-state index contributed by atoms with van der Waals surface area (Å²) >= 11 is 5.44. The largest absolute Gasteiger partial charge is 0.479 e. The van der Waals surface area contributed by atoms with Crippen LogP contribution in [0, 0.1) is 5.41 Å². The number of halogens is 1. The summed E-state index contributed by atoms with van der Waals surface area (Å²) in [6.07, 6.45) is 1.15. The van der Waals surface area contributed by atoms with Crippen LogP contribution in [-0.2, 0) is 4.79 Å². The average molecular weight is 234 g/mol. The maximum absolute atomic E-state index is 11.4. The number of hydrogen-bond acceptors (Lipinski definition) is 2. The summed E-state index contributed by atoms with van der Waals surface area (Å²) in [5.74, 6) is -0.971. The molecule has 1 N–H and O–H groups in total. The normalized spacial score (nSPS) is 26.8. The van der Waals surface area contributed by atoms with Crippen LogP contribution in [0.2, 0.25) is 0 Å². The van der Waals surface area contributed by atoms with Crippen LogP contribution in [0.1, 0.15) is 33.6 Å². The highest BCUT2D eigenvalue weighted by molar-refractivity contribution is 6.63. The van der Waals surface area contributed by atoms with Crippen LogP contribution in [0.5, 0.6) is 0 Å². The smallest absolute Gasteiger partial charge is 0.330 e. The van der Waals surface area contributed by atoms with Crippen molar-refractivity contribution in [1.82, 2.24) is 4.90 Å². The number of hydrogen-bond donors (Lipinski definition) is 1. The minimum absolute atomic E-state index is 0.423. The van der Waals surface area contributed by atoms with E-state index in [1.807, 2.05) is 20.8 Å². The van der Waals surface area contributed by atoms with Crippen LogP contribution in [0.25, 0.3) is 0 Å². The Morgan fingerprint density at radius 3 is 2.20 bits per heavy atom. The highest BCUT2D eigenvalue weighted by Gasteiger charge is 2.57. The molecule has 1 heterocycles. The van der Waals surface area contributed by atoms with Gasteiger partial charge in [0, 0.05) is 6.54 Å². The number of carbonyl (C=O) groups excluding carboxylic acids is 1. The van der Waals surface area contributed by atoms with Crippen LogP contribution in [0.4, 0.5) is 4.79 Å². The van der Waals surface area contributed by atoms with Crippen molar-refractivity contribution in [3.8, 4) is 0 Å². The molecule has 15 heavy (non-hydrogen) atoms. The lowest BCUT2D eigenvalue weighted by atomic mass is 9.72. The quantitative estimate of drug-likeness (QED) is 0.559. The van der Waals surface area contributed by atoms with Gasteiger partial charge in [0.15, 0.2) is 0 Å². The fraction of sp³-hybridized carbons (Fsp3) is 0.800. The topological polar surface area (TPSA) is 57.6 Å². The number of carboxylic acid groups (broad SMARTS) is 1. The molecule has 0 radical (unpaired) electrons. The van der Waals surface area contributed by atoms with E-state index < -0.39 is 22.3 Å². The lowest BCUT2D eigenvalue weighted by Gasteiger charge is -2.43. The van der Waals surface area contributed by atoms with Crippen LogP contribution < -0.4 is 0 Å². The van der Waals surface area contributed by atoms with Gasteiger partial charge in [-0.15, -0.1) is 0 Å². The number of nitrogens with zero attached hydrogens (tertiary/aromatic N) is 1. The Morgan fingerprint density at radius 2 is 1.93 bits per heavy atom. The van der Waals surface area contributed by atoms with Crippen LogP contribution in [0.3, 0.4) is 0 Å². The average Bonchev–Trinajstić information content (AvgIpc) is 2.45. The Morgan fingerprint density at radius 1 is 1.40 bits per heavy atom. The van der Waals surface area contributed by atoms with E-state index in [9.17, 15) is 14.7 Å². The molecule has 0 aromatic heterocycles. The number of carbonyl (C=O) groups is 2. The summed E-state index contributed by atoms with van der Waals surface area (Å²) in [5, 5.41) is 8.69. The van der Waals surface area contributed by atoms with Crippen molar-refractivity contribution in [2.75, 3.05) is 6.54 Å². The molecule has 1 saturated heterocycles. The summed E-state index contributed by atoms with van der Waals surface area (Å²) in [7, 11) is 0. The molecule has 0 saturated carbocycles. The summed E-state index contributed by atoms with van der Waals surface area (Å²) in [5.41, 5.74) is -1.69. The maximum atomic E-state index is 11.4. The number of rotatable bonds is 1. The van der Waals surface area contributed by atoms with E-state index in [1.165, 1.54) is 4.90 Å². The molecule has 4 nitrogen and oxygen atoms in total. The van der Waals surface area contributed by atoms with E-state index >= 15 is 0 Å². The number of likely N-dealkylation sites (tertiary alicyclic amines) is 1. The Balaban J connectivity index is 3.22. The zero-order valence-electron chi connectivity index (χ0n) is 9.21. The summed E-state index contributed by atoms with van der Waals surface area (Å²) in [4.78, 5) is 23.9. The van der Waals surface area contributed by atoms with Gasteiger partial charge in [0.1, 0.15) is 5.54 Å². The van der Waals surface area contributed by atoms with Gasteiger partial charge in [0.05, 0.1) is 0 Å². The molecule has 86 valence electrons. The molecule has 1 rings (SSSR count). The molecular weight excluding hydrogens is 218 g/mol. The first-order valence-electron chi connectivity index (χ1n) is 4.94. The molecule has 1 fully saturated rings. The third-order valence-electron chi connectivity index (χ3n) is 3.19. The molecule has 1 atom stereocenters. The van der Waals surface area contributed by atoms with Gasteiger partial charge in [-0.3, -0.25) is 4.79 Å². The van der Waals surface area contributed by atoms with Crippen molar-refractivity contribution >= 4 is 22.9 Å². The predicted molar refractivity (Wildman–Crippen MR) is 57.0 cm³/mol. The molecule has 1 aliphatic heterocycles. The van der Waals surface area contributed by atoms with Crippen LogP contribution in [-0.4, -0.2) is 33.4 Å². The molecule has 0 aromatic carbocycles. The lowest BCUT2D eigenvalue weighted by Crippen LogP contribution is -2.59. The van der Waals surface area contributed by atoms with Crippen LogP contribution in [0.15, 0.2) is 0 Å². The fourth-order valence-electron chi connectivity index (χ4n) is 2.38. The molecule has 0 aromatic rings. The molecule has 5 heteroatoms. The molecular formula is C10H16ClNO3. The monoisotopic (exact) mass is 233 g/mol. The molecule has 0 unspecified atom stereocenters. The first kappa shape index (κ1) is 12.3. The second-order valence-corrected chi connectivity index (χ2v) is 5.25. The minimum atomic E-state index is -1.16. The number of carboxylic acids is 1. The molecule has 0 spiro atoms. The lowest BCUT2D eigenvalue weighted by molar-refractivity contribution is -0.154. The third-order valence-corrected chi connectivity index (χ3v) is 3.39. The number of amides is 1. The first-order valence-corrected chi connectivity index (χ1v) is 5.32. The summed E-state index contributed by atoms with van der Waals surface area (Å²) < 4.78 is 0. The molecule has 0 aliphatic carbocycles. The van der Waals surface area contributed by atoms with Crippen LogP contribution >= 0.6 is 11.6 Å². The van der Waals surface area contributed by atoms with Crippen molar-refractivity contribution < 1.29 is 14.7 Å². The van der Waals surface area contributed by atoms with E-state index in [0.29, 0.717) is 19.4 Å². The Kier molecular flexibility index (Phi) is 3.01. The van der Waals surface area contributed by atoms with Crippen molar-refractivity contribution in [1.29, 1.82) is 0 Å². The van der Waals surface area contributed by atoms with Gasteiger partial charge in [0.2, 0.25) is 0 Å². The highest BCUT2D eigenvalue weighted by atomic mass is 35.5. The zero-order valence-corrected chi connectivity index (χ0v) is 9.97. The van der Waals surface area contributed by atoms with Gasteiger partial charge >= 0.3 is 11.3 Å². The van der Waals surface area contributed by atoms with Gasteiger partial charge in [-0.05, 0) is 29.9 Å². The highest BCUT2D eigenvalue weighted by Crippen LogP contribution is 2.44. The van der Waals surface area contributed by atoms with E-state index in [2.05, 4.69) is 0 Å². The fourth-order valence-corrected chi connectivity index (χ4v) is 2.61. The zero-order chi connectivity index (χ0) is 11.9. The van der Waals surface area contributed by atoms with E-state index in [1.54, 1.807) is 0 Å². The van der Waals surface area contributed by atoms with Gasteiger partial charge in [-0.25, -0.2) is 4.79 Å². The molecule has 1 amide bonds. The molecule has 1 aliphatic rings. The van der Waals surface area contributed by atoms with E-state index in [4.69, 9.17) is 11.6 Å². The Labute approximate surface area is 94.2 Å². The van der Waals surface area contributed by atoms with Crippen molar-refractivity contribution in [2.45, 2.75) is 39.2 Å². The Bertz CT molecular complexity index is 298. The maximum Gasteiger partial charge on any atom is 0.330 e. The summed E-state index contributed by atoms with van der Waals surface area (Å²) in [6.45, 7) is 5.88. The van der Waals surface area contributed by atoms with Gasteiger partial charge in [-0.2, -0.15) is 0 Å². The van der Waals surface area contributed by atoms with Crippen molar-refractivity contribution in [2.24, 2.45) is 5.41 Å². The predicted octanol–water partition coefficient (Wildman–Crippen LogP) is 2.31. The Hall–Kier alpha value is -0.770. The second-order valence-electron chi connectivity index (χ2n) is 4.92. The third kappa shape index (κ3) is 1.71. The van der Waals surface area contributed by atoms with Gasteiger partial charge in [-0.1, -0.05) is 20.8 Å². The number of aliphatic carboxylic acids is 1. The SMILES string of the molecule is CC(C)(C)[C@@]1(C(=O)O)CCCN1C(=O)Cl. The molecule has 0 bridgehead atoms. The second kappa shape index (κ2) is 3.67. The van der Waals surface area contributed by atoms with E-state index in [-0.39, 0.29) is 0 Å². The van der Waals surface area contributed by atoms with Gasteiger partial charge < -0.3 is 10.0 Å². The van der Waals surface area contributed by atoms with E-state index in [0.717, 1.165) is 0 Å². The van der Waals surface area contributed by atoms with Crippen molar-refractivity contribution in [3.63, 3.8) is 0 Å². The summed E-state index contributed by atoms with van der Waals surface area (Å²) in [6, 6.07) is 0.